The standard InChI is InChI=1S/C10H10BrClN2/c1-14-7-4-2-3-6(11)9(7)10(12)8(14)5-13/h2-4H,5,13H2,1H3. The number of benzene rings is 1. The summed E-state index contributed by atoms with van der Waals surface area (Å²) < 4.78 is 3.04. The van der Waals surface area contributed by atoms with Crippen molar-refractivity contribution in [2.75, 3.05) is 0 Å². The van der Waals surface area contributed by atoms with E-state index in [1.165, 1.54) is 0 Å². The molecule has 0 radical (unpaired) electrons. The van der Waals surface area contributed by atoms with Gasteiger partial charge in [-0.2, -0.15) is 0 Å². The molecule has 0 aliphatic carbocycles. The highest BCUT2D eigenvalue weighted by molar-refractivity contribution is 9.10. The zero-order valence-corrected chi connectivity index (χ0v) is 10.1. The van der Waals surface area contributed by atoms with Gasteiger partial charge in [0.15, 0.2) is 0 Å². The van der Waals surface area contributed by atoms with Crippen molar-refractivity contribution in [1.29, 1.82) is 0 Å². The van der Waals surface area contributed by atoms with Gasteiger partial charge in [0.2, 0.25) is 0 Å². The molecule has 1 aromatic heterocycles. The van der Waals surface area contributed by atoms with Crippen molar-refractivity contribution in [3.05, 3.63) is 33.4 Å². The van der Waals surface area contributed by atoms with Gasteiger partial charge in [-0.1, -0.05) is 33.6 Å². The Morgan fingerprint density at radius 3 is 2.79 bits per heavy atom. The zero-order valence-electron chi connectivity index (χ0n) is 7.72. The highest BCUT2D eigenvalue weighted by Gasteiger charge is 2.13. The molecular formula is C10H10BrClN2. The quantitative estimate of drug-likeness (QED) is 0.850. The first-order valence-electron chi connectivity index (χ1n) is 4.28. The number of fused-ring (bicyclic) bond motifs is 1. The number of aryl methyl sites for hydroxylation is 1. The summed E-state index contributed by atoms with van der Waals surface area (Å²) in [6, 6.07) is 6.00. The average molecular weight is 274 g/mol. The Balaban J connectivity index is 2.94. The molecule has 0 spiro atoms. The number of nitrogens with two attached hydrogens (primary N) is 1. The van der Waals surface area contributed by atoms with E-state index >= 15 is 0 Å². The summed E-state index contributed by atoms with van der Waals surface area (Å²) in [5, 5.41) is 1.79. The molecule has 0 saturated heterocycles. The molecule has 2 aromatic rings. The van der Waals surface area contributed by atoms with Crippen LogP contribution in [0.1, 0.15) is 5.69 Å². The van der Waals surface area contributed by atoms with Gasteiger partial charge in [-0.05, 0) is 12.1 Å². The molecule has 1 aromatic carbocycles. The van der Waals surface area contributed by atoms with Crippen LogP contribution in [0.3, 0.4) is 0 Å². The minimum atomic E-state index is 0.455. The van der Waals surface area contributed by atoms with Crippen molar-refractivity contribution in [3.63, 3.8) is 0 Å². The Hall–Kier alpha value is -0.510. The number of aromatic nitrogens is 1. The number of halogens is 2. The van der Waals surface area contributed by atoms with E-state index in [0.717, 1.165) is 26.1 Å². The van der Waals surface area contributed by atoms with Crippen LogP contribution in [-0.2, 0) is 13.6 Å². The highest BCUT2D eigenvalue weighted by Crippen LogP contribution is 2.34. The second-order valence-corrected chi connectivity index (χ2v) is 4.39. The van der Waals surface area contributed by atoms with Crippen LogP contribution < -0.4 is 5.73 Å². The van der Waals surface area contributed by atoms with Crippen molar-refractivity contribution >= 4 is 38.4 Å². The van der Waals surface area contributed by atoms with E-state index in [1.807, 2.05) is 29.8 Å². The zero-order chi connectivity index (χ0) is 10.3. The molecule has 2 nitrogen and oxygen atoms in total. The summed E-state index contributed by atoms with van der Waals surface area (Å²) >= 11 is 9.72. The van der Waals surface area contributed by atoms with Gasteiger partial charge in [0.05, 0.1) is 16.2 Å². The fourth-order valence-corrected chi connectivity index (χ4v) is 2.74. The molecular weight excluding hydrogens is 263 g/mol. The summed E-state index contributed by atoms with van der Waals surface area (Å²) in [6.07, 6.45) is 0. The average Bonchev–Trinajstić information content (AvgIpc) is 2.41. The lowest BCUT2D eigenvalue weighted by atomic mass is 10.2. The van der Waals surface area contributed by atoms with Crippen LogP contribution in [0, 0.1) is 0 Å². The van der Waals surface area contributed by atoms with Gasteiger partial charge in [-0.3, -0.25) is 0 Å². The minimum absolute atomic E-state index is 0.455. The molecule has 0 amide bonds. The monoisotopic (exact) mass is 272 g/mol. The summed E-state index contributed by atoms with van der Waals surface area (Å²) in [6.45, 7) is 0.455. The predicted octanol–water partition coefficient (Wildman–Crippen LogP) is 3.05. The van der Waals surface area contributed by atoms with Crippen LogP contribution >= 0.6 is 27.5 Å². The molecule has 0 aliphatic rings. The minimum Gasteiger partial charge on any atom is -0.345 e. The third kappa shape index (κ3) is 1.28. The molecule has 0 bridgehead atoms. The molecule has 74 valence electrons. The SMILES string of the molecule is Cn1c(CN)c(Cl)c2c(Br)cccc21. The van der Waals surface area contributed by atoms with E-state index in [9.17, 15) is 0 Å². The smallest absolute Gasteiger partial charge is 0.0718 e. The van der Waals surface area contributed by atoms with Gasteiger partial charge in [0, 0.05) is 23.5 Å². The van der Waals surface area contributed by atoms with Crippen LogP contribution in [0.15, 0.2) is 22.7 Å². The lowest BCUT2D eigenvalue weighted by Gasteiger charge is -2.00. The topological polar surface area (TPSA) is 30.9 Å². The summed E-state index contributed by atoms with van der Waals surface area (Å²) in [4.78, 5) is 0. The van der Waals surface area contributed by atoms with Gasteiger partial charge in [-0.25, -0.2) is 0 Å². The normalized spacial score (nSPS) is 11.1. The third-order valence-electron chi connectivity index (χ3n) is 2.42. The Bertz CT molecular complexity index is 490. The van der Waals surface area contributed by atoms with E-state index in [2.05, 4.69) is 15.9 Å². The molecule has 2 rings (SSSR count). The molecule has 0 unspecified atom stereocenters. The van der Waals surface area contributed by atoms with E-state index in [-0.39, 0.29) is 0 Å². The van der Waals surface area contributed by atoms with Crippen LogP contribution in [0.2, 0.25) is 5.02 Å². The molecule has 0 aliphatic heterocycles. The largest absolute Gasteiger partial charge is 0.345 e. The summed E-state index contributed by atoms with van der Waals surface area (Å²) in [5.74, 6) is 0. The van der Waals surface area contributed by atoms with Gasteiger partial charge in [0.1, 0.15) is 0 Å². The van der Waals surface area contributed by atoms with Crippen molar-refractivity contribution in [3.8, 4) is 0 Å². The fourth-order valence-electron chi connectivity index (χ4n) is 1.67. The Morgan fingerprint density at radius 1 is 1.50 bits per heavy atom. The van der Waals surface area contributed by atoms with Crippen LogP contribution in [0.5, 0.6) is 0 Å². The third-order valence-corrected chi connectivity index (χ3v) is 3.49. The summed E-state index contributed by atoms with van der Waals surface area (Å²) in [7, 11) is 1.98. The number of nitrogens with zero attached hydrogens (tertiary/aromatic N) is 1. The predicted molar refractivity (Wildman–Crippen MR) is 63.5 cm³/mol. The van der Waals surface area contributed by atoms with Crippen LogP contribution in [0.25, 0.3) is 10.9 Å². The van der Waals surface area contributed by atoms with Gasteiger partial charge >= 0.3 is 0 Å². The maximum absolute atomic E-state index is 6.24. The molecule has 1 heterocycles. The summed E-state index contributed by atoms with van der Waals surface area (Å²) in [5.41, 5.74) is 7.71. The molecule has 2 N–H and O–H groups in total. The molecule has 4 heteroatoms. The first kappa shape index (κ1) is 10.0. The fraction of sp³-hybridized carbons (Fsp3) is 0.200. The molecule has 0 fully saturated rings. The van der Waals surface area contributed by atoms with Crippen molar-refractivity contribution in [2.24, 2.45) is 12.8 Å². The molecule has 14 heavy (non-hydrogen) atoms. The van der Waals surface area contributed by atoms with E-state index in [1.54, 1.807) is 0 Å². The second kappa shape index (κ2) is 3.57. The lowest BCUT2D eigenvalue weighted by molar-refractivity contribution is 0.849. The second-order valence-electron chi connectivity index (χ2n) is 3.16. The Morgan fingerprint density at radius 2 is 2.21 bits per heavy atom. The Labute approximate surface area is 95.8 Å². The molecule has 0 atom stereocenters. The van der Waals surface area contributed by atoms with Gasteiger partial charge in [0.25, 0.3) is 0 Å². The van der Waals surface area contributed by atoms with Crippen LogP contribution in [0.4, 0.5) is 0 Å². The van der Waals surface area contributed by atoms with E-state index < -0.39 is 0 Å². The maximum Gasteiger partial charge on any atom is 0.0718 e. The van der Waals surface area contributed by atoms with Crippen molar-refractivity contribution < 1.29 is 0 Å². The van der Waals surface area contributed by atoms with Crippen LogP contribution in [-0.4, -0.2) is 4.57 Å². The van der Waals surface area contributed by atoms with Crippen molar-refractivity contribution in [2.45, 2.75) is 6.54 Å². The van der Waals surface area contributed by atoms with E-state index in [0.29, 0.717) is 6.54 Å². The number of hydrogen-bond donors (Lipinski definition) is 1. The number of rotatable bonds is 1. The number of hydrogen-bond acceptors (Lipinski definition) is 1. The highest BCUT2D eigenvalue weighted by atomic mass is 79.9. The lowest BCUT2D eigenvalue weighted by Crippen LogP contribution is -2.03. The van der Waals surface area contributed by atoms with E-state index in [4.69, 9.17) is 17.3 Å². The first-order chi connectivity index (χ1) is 6.66. The maximum atomic E-state index is 6.24. The van der Waals surface area contributed by atoms with Crippen molar-refractivity contribution in [1.82, 2.24) is 4.57 Å². The van der Waals surface area contributed by atoms with Gasteiger partial charge < -0.3 is 10.3 Å². The first-order valence-corrected chi connectivity index (χ1v) is 5.45. The Kier molecular flexibility index (Phi) is 2.56. The van der Waals surface area contributed by atoms with Gasteiger partial charge in [-0.15, -0.1) is 0 Å². The molecule has 0 saturated carbocycles.